The van der Waals surface area contributed by atoms with Crippen LogP contribution in [0.25, 0.3) is 11.4 Å². The van der Waals surface area contributed by atoms with Gasteiger partial charge in [-0.1, -0.05) is 49.7 Å². The lowest BCUT2D eigenvalue weighted by Crippen LogP contribution is -1.96. The van der Waals surface area contributed by atoms with Gasteiger partial charge in [0.05, 0.1) is 0 Å². The second-order valence-electron chi connectivity index (χ2n) is 6.01. The van der Waals surface area contributed by atoms with Crippen LogP contribution in [0.2, 0.25) is 5.15 Å². The molecule has 1 aromatic heterocycles. The summed E-state index contributed by atoms with van der Waals surface area (Å²) in [5, 5.41) is 0.545. The molecule has 0 amide bonds. The van der Waals surface area contributed by atoms with E-state index in [-0.39, 0.29) is 0 Å². The first-order valence-corrected chi connectivity index (χ1v) is 7.63. The van der Waals surface area contributed by atoms with Crippen molar-refractivity contribution >= 4 is 11.6 Å². The average molecular weight is 287 g/mol. The van der Waals surface area contributed by atoms with Gasteiger partial charge in [-0.05, 0) is 36.8 Å². The molecule has 2 nitrogen and oxygen atoms in total. The van der Waals surface area contributed by atoms with Crippen molar-refractivity contribution in [3.05, 3.63) is 46.7 Å². The molecule has 1 aliphatic rings. The number of rotatable bonds is 4. The van der Waals surface area contributed by atoms with Crippen LogP contribution < -0.4 is 0 Å². The Morgan fingerprint density at radius 3 is 2.45 bits per heavy atom. The number of hydrogen-bond donors (Lipinski definition) is 0. The largest absolute Gasteiger partial charge is 0.233 e. The minimum absolute atomic E-state index is 0.545. The predicted octanol–water partition coefficient (Wildman–Crippen LogP) is 4.87. The zero-order chi connectivity index (χ0) is 14.1. The zero-order valence-electron chi connectivity index (χ0n) is 11.9. The van der Waals surface area contributed by atoms with Crippen molar-refractivity contribution < 1.29 is 0 Å². The van der Waals surface area contributed by atoms with Crippen LogP contribution in [0.3, 0.4) is 0 Å². The molecule has 0 saturated heterocycles. The maximum atomic E-state index is 6.12. The van der Waals surface area contributed by atoms with E-state index in [2.05, 4.69) is 48.1 Å². The van der Waals surface area contributed by atoms with Gasteiger partial charge in [-0.2, -0.15) is 0 Å². The standard InChI is InChI=1S/C17H19ClN2/c1-11(2)9-12-3-5-14(6-4-12)17-19-15(13-7-8-13)10-16(18)20-17/h3-6,10-11,13H,7-9H2,1-2H3. The second kappa shape index (κ2) is 5.53. The molecular weight excluding hydrogens is 268 g/mol. The summed E-state index contributed by atoms with van der Waals surface area (Å²) in [6.45, 7) is 4.46. The lowest BCUT2D eigenvalue weighted by atomic mass is 10.0. The molecule has 1 heterocycles. The molecule has 20 heavy (non-hydrogen) atoms. The highest BCUT2D eigenvalue weighted by molar-refractivity contribution is 6.29. The summed E-state index contributed by atoms with van der Waals surface area (Å²) in [6, 6.07) is 10.4. The molecular formula is C17H19ClN2. The Morgan fingerprint density at radius 1 is 1.15 bits per heavy atom. The number of halogens is 1. The van der Waals surface area contributed by atoms with Gasteiger partial charge in [0.25, 0.3) is 0 Å². The molecule has 1 aromatic carbocycles. The summed E-state index contributed by atoms with van der Waals surface area (Å²) in [7, 11) is 0. The number of aromatic nitrogens is 2. The summed E-state index contributed by atoms with van der Waals surface area (Å²) in [4.78, 5) is 9.02. The van der Waals surface area contributed by atoms with E-state index in [0.29, 0.717) is 17.0 Å². The normalized spacial score (nSPS) is 14.8. The van der Waals surface area contributed by atoms with E-state index >= 15 is 0 Å². The molecule has 0 spiro atoms. The van der Waals surface area contributed by atoms with Crippen LogP contribution >= 0.6 is 11.6 Å². The van der Waals surface area contributed by atoms with Gasteiger partial charge in [-0.25, -0.2) is 9.97 Å². The Labute approximate surface area is 125 Å². The first-order chi connectivity index (χ1) is 9.61. The smallest absolute Gasteiger partial charge is 0.161 e. The zero-order valence-corrected chi connectivity index (χ0v) is 12.7. The lowest BCUT2D eigenvalue weighted by Gasteiger charge is -2.07. The Balaban J connectivity index is 1.88. The number of hydrogen-bond acceptors (Lipinski definition) is 2. The molecule has 104 valence electrons. The quantitative estimate of drug-likeness (QED) is 0.749. The molecule has 3 heteroatoms. The van der Waals surface area contributed by atoms with Crippen LogP contribution in [0, 0.1) is 5.92 Å². The minimum atomic E-state index is 0.545. The molecule has 0 N–H and O–H groups in total. The van der Waals surface area contributed by atoms with Gasteiger partial charge < -0.3 is 0 Å². The fourth-order valence-electron chi connectivity index (χ4n) is 2.41. The van der Waals surface area contributed by atoms with Crippen LogP contribution in [-0.2, 0) is 6.42 Å². The van der Waals surface area contributed by atoms with Gasteiger partial charge in [0.2, 0.25) is 0 Å². The van der Waals surface area contributed by atoms with Gasteiger partial charge in [0.15, 0.2) is 5.82 Å². The Bertz CT molecular complexity index is 601. The van der Waals surface area contributed by atoms with Crippen LogP contribution in [0.1, 0.15) is 43.9 Å². The highest BCUT2D eigenvalue weighted by atomic mass is 35.5. The molecule has 0 unspecified atom stereocenters. The van der Waals surface area contributed by atoms with E-state index in [1.54, 1.807) is 0 Å². The van der Waals surface area contributed by atoms with E-state index in [1.807, 2.05) is 6.07 Å². The maximum Gasteiger partial charge on any atom is 0.161 e. The first-order valence-electron chi connectivity index (χ1n) is 7.25. The minimum Gasteiger partial charge on any atom is -0.233 e. The summed E-state index contributed by atoms with van der Waals surface area (Å²) in [5.74, 6) is 2.01. The molecule has 0 atom stereocenters. The Morgan fingerprint density at radius 2 is 1.85 bits per heavy atom. The summed E-state index contributed by atoms with van der Waals surface area (Å²) < 4.78 is 0. The van der Waals surface area contributed by atoms with Crippen molar-refractivity contribution in [1.29, 1.82) is 0 Å². The maximum absolute atomic E-state index is 6.12. The molecule has 0 aliphatic heterocycles. The lowest BCUT2D eigenvalue weighted by molar-refractivity contribution is 0.647. The topological polar surface area (TPSA) is 25.8 Å². The monoisotopic (exact) mass is 286 g/mol. The summed E-state index contributed by atoms with van der Waals surface area (Å²) in [6.07, 6.45) is 3.55. The molecule has 2 aromatic rings. The van der Waals surface area contributed by atoms with Crippen LogP contribution in [-0.4, -0.2) is 9.97 Å². The van der Waals surface area contributed by atoms with Crippen LogP contribution in [0.15, 0.2) is 30.3 Å². The Kier molecular flexibility index (Phi) is 3.75. The number of benzene rings is 1. The van der Waals surface area contributed by atoms with E-state index in [1.165, 1.54) is 18.4 Å². The third kappa shape index (κ3) is 3.18. The molecule has 0 radical (unpaired) electrons. The van der Waals surface area contributed by atoms with Crippen molar-refractivity contribution in [3.63, 3.8) is 0 Å². The third-order valence-corrected chi connectivity index (χ3v) is 3.76. The molecule has 3 rings (SSSR count). The molecule has 0 bridgehead atoms. The van der Waals surface area contributed by atoms with Crippen molar-refractivity contribution in [3.8, 4) is 11.4 Å². The molecule has 1 saturated carbocycles. The number of nitrogens with zero attached hydrogens (tertiary/aromatic N) is 2. The van der Waals surface area contributed by atoms with Crippen molar-refractivity contribution in [2.75, 3.05) is 0 Å². The molecule has 1 aliphatic carbocycles. The van der Waals surface area contributed by atoms with Crippen molar-refractivity contribution in [2.45, 2.75) is 39.0 Å². The van der Waals surface area contributed by atoms with E-state index in [9.17, 15) is 0 Å². The molecule has 1 fully saturated rings. The second-order valence-corrected chi connectivity index (χ2v) is 6.40. The van der Waals surface area contributed by atoms with Crippen LogP contribution in [0.5, 0.6) is 0 Å². The highest BCUT2D eigenvalue weighted by Gasteiger charge is 2.26. The first kappa shape index (κ1) is 13.6. The van der Waals surface area contributed by atoms with Gasteiger partial charge in [-0.3, -0.25) is 0 Å². The van der Waals surface area contributed by atoms with Gasteiger partial charge in [0, 0.05) is 17.2 Å². The summed E-state index contributed by atoms with van der Waals surface area (Å²) in [5.41, 5.74) is 3.49. The SMILES string of the molecule is CC(C)Cc1ccc(-c2nc(Cl)cc(C3CC3)n2)cc1. The van der Waals surface area contributed by atoms with Gasteiger partial charge >= 0.3 is 0 Å². The van der Waals surface area contributed by atoms with Crippen molar-refractivity contribution in [1.82, 2.24) is 9.97 Å². The van der Waals surface area contributed by atoms with E-state index in [4.69, 9.17) is 11.6 Å². The fourth-order valence-corrected chi connectivity index (χ4v) is 2.61. The van der Waals surface area contributed by atoms with Gasteiger partial charge in [-0.15, -0.1) is 0 Å². The van der Waals surface area contributed by atoms with E-state index in [0.717, 1.165) is 23.5 Å². The van der Waals surface area contributed by atoms with Crippen molar-refractivity contribution in [2.24, 2.45) is 5.92 Å². The Hall–Kier alpha value is -1.41. The summed E-state index contributed by atoms with van der Waals surface area (Å²) >= 11 is 6.12. The highest BCUT2D eigenvalue weighted by Crippen LogP contribution is 2.40. The fraction of sp³-hybridized carbons (Fsp3) is 0.412. The third-order valence-electron chi connectivity index (χ3n) is 3.57. The predicted molar refractivity (Wildman–Crippen MR) is 83.0 cm³/mol. The van der Waals surface area contributed by atoms with Gasteiger partial charge in [0.1, 0.15) is 5.15 Å². The average Bonchev–Trinajstić information content (AvgIpc) is 3.22. The van der Waals surface area contributed by atoms with E-state index < -0.39 is 0 Å². The van der Waals surface area contributed by atoms with Crippen LogP contribution in [0.4, 0.5) is 0 Å².